The van der Waals surface area contributed by atoms with Crippen molar-refractivity contribution in [1.82, 2.24) is 0 Å². The largest absolute Gasteiger partial charge is 0.496 e. The van der Waals surface area contributed by atoms with Crippen molar-refractivity contribution >= 4 is 0 Å². The quantitative estimate of drug-likeness (QED) is 0.772. The van der Waals surface area contributed by atoms with Crippen LogP contribution in [0.4, 0.5) is 0 Å². The van der Waals surface area contributed by atoms with Gasteiger partial charge in [0.15, 0.2) is 0 Å². The molecule has 0 spiro atoms. The summed E-state index contributed by atoms with van der Waals surface area (Å²) in [5, 5.41) is 0. The van der Waals surface area contributed by atoms with Crippen LogP contribution < -0.4 is 10.5 Å². The summed E-state index contributed by atoms with van der Waals surface area (Å²) < 4.78 is 5.47. The highest BCUT2D eigenvalue weighted by atomic mass is 16.5. The van der Waals surface area contributed by atoms with E-state index in [1.54, 1.807) is 7.11 Å². The van der Waals surface area contributed by atoms with E-state index in [2.05, 4.69) is 12.1 Å². The van der Waals surface area contributed by atoms with Gasteiger partial charge < -0.3 is 10.5 Å². The van der Waals surface area contributed by atoms with E-state index in [1.165, 1.54) is 36.0 Å². The highest BCUT2D eigenvalue weighted by Gasteiger charge is 2.14. The molecule has 1 aromatic rings. The lowest BCUT2D eigenvalue weighted by Gasteiger charge is -2.11. The summed E-state index contributed by atoms with van der Waals surface area (Å²) >= 11 is 0. The van der Waals surface area contributed by atoms with Gasteiger partial charge in [0.2, 0.25) is 0 Å². The van der Waals surface area contributed by atoms with Crippen molar-refractivity contribution in [3.05, 3.63) is 28.8 Å². The molecule has 0 saturated carbocycles. The van der Waals surface area contributed by atoms with E-state index >= 15 is 0 Å². The van der Waals surface area contributed by atoms with Crippen LogP contribution in [0.25, 0.3) is 0 Å². The van der Waals surface area contributed by atoms with Gasteiger partial charge in [-0.05, 0) is 67.8 Å². The fourth-order valence-corrected chi connectivity index (χ4v) is 2.50. The van der Waals surface area contributed by atoms with Crippen LogP contribution >= 0.6 is 0 Å². The molecule has 0 aliphatic heterocycles. The Morgan fingerprint density at radius 1 is 1.19 bits per heavy atom. The Hall–Kier alpha value is -1.02. The predicted molar refractivity (Wildman–Crippen MR) is 67.0 cm³/mol. The second kappa shape index (κ2) is 5.35. The molecule has 0 heterocycles. The van der Waals surface area contributed by atoms with Crippen molar-refractivity contribution in [2.45, 2.75) is 38.5 Å². The number of ether oxygens (including phenoxy) is 1. The third-order valence-corrected chi connectivity index (χ3v) is 3.40. The van der Waals surface area contributed by atoms with Crippen LogP contribution in [0.5, 0.6) is 5.75 Å². The van der Waals surface area contributed by atoms with Crippen LogP contribution in [-0.2, 0) is 19.3 Å². The molecule has 1 aromatic carbocycles. The number of rotatable bonds is 5. The van der Waals surface area contributed by atoms with Gasteiger partial charge in [-0.2, -0.15) is 0 Å². The van der Waals surface area contributed by atoms with E-state index in [0.29, 0.717) is 0 Å². The van der Waals surface area contributed by atoms with Crippen molar-refractivity contribution in [3.8, 4) is 5.75 Å². The number of hydrogen-bond donors (Lipinski definition) is 1. The third-order valence-electron chi connectivity index (χ3n) is 3.40. The molecule has 1 aliphatic rings. The second-order valence-electron chi connectivity index (χ2n) is 4.53. The molecule has 0 atom stereocenters. The van der Waals surface area contributed by atoms with Gasteiger partial charge in [-0.25, -0.2) is 0 Å². The Balaban J connectivity index is 2.15. The zero-order chi connectivity index (χ0) is 11.4. The lowest BCUT2D eigenvalue weighted by molar-refractivity contribution is 0.408. The number of fused-ring (bicyclic) bond motifs is 1. The van der Waals surface area contributed by atoms with E-state index in [-0.39, 0.29) is 0 Å². The first kappa shape index (κ1) is 11.5. The number of benzene rings is 1. The van der Waals surface area contributed by atoms with Gasteiger partial charge in [-0.1, -0.05) is 6.07 Å². The zero-order valence-corrected chi connectivity index (χ0v) is 10.1. The lowest BCUT2D eigenvalue weighted by atomic mass is 10.0. The van der Waals surface area contributed by atoms with Gasteiger partial charge >= 0.3 is 0 Å². The maximum Gasteiger partial charge on any atom is 0.122 e. The normalized spacial score (nSPS) is 13.9. The molecule has 0 unspecified atom stereocenters. The highest BCUT2D eigenvalue weighted by molar-refractivity contribution is 5.44. The summed E-state index contributed by atoms with van der Waals surface area (Å²) in [7, 11) is 1.77. The van der Waals surface area contributed by atoms with Gasteiger partial charge in [0.25, 0.3) is 0 Å². The molecule has 0 fully saturated rings. The summed E-state index contributed by atoms with van der Waals surface area (Å²) in [6.07, 6.45) is 7.10. The van der Waals surface area contributed by atoms with Crippen LogP contribution in [0.15, 0.2) is 12.1 Å². The Bertz CT molecular complexity index is 360. The Kier molecular flexibility index (Phi) is 3.83. The van der Waals surface area contributed by atoms with E-state index in [0.717, 1.165) is 31.6 Å². The Morgan fingerprint density at radius 2 is 1.94 bits per heavy atom. The Morgan fingerprint density at radius 3 is 2.62 bits per heavy atom. The van der Waals surface area contributed by atoms with E-state index < -0.39 is 0 Å². The molecule has 0 aromatic heterocycles. The third kappa shape index (κ3) is 2.38. The fraction of sp³-hybridized carbons (Fsp3) is 0.571. The van der Waals surface area contributed by atoms with Crippen molar-refractivity contribution in [3.63, 3.8) is 0 Å². The average Bonchev–Trinajstić information content (AvgIpc) is 2.75. The molecule has 0 bridgehead atoms. The number of nitrogens with two attached hydrogens (primary N) is 1. The summed E-state index contributed by atoms with van der Waals surface area (Å²) in [6.45, 7) is 0.785. The molecule has 88 valence electrons. The zero-order valence-electron chi connectivity index (χ0n) is 10.1. The Labute approximate surface area is 97.8 Å². The van der Waals surface area contributed by atoms with Gasteiger partial charge in [0.1, 0.15) is 5.75 Å². The highest BCUT2D eigenvalue weighted by Crippen LogP contribution is 2.30. The topological polar surface area (TPSA) is 35.2 Å². The van der Waals surface area contributed by atoms with Crippen LogP contribution in [0.3, 0.4) is 0 Å². The summed E-state index contributed by atoms with van der Waals surface area (Å²) in [6, 6.07) is 4.58. The maximum absolute atomic E-state index is 5.52. The molecule has 0 saturated heterocycles. The number of aryl methyl sites for hydroxylation is 3. The SMILES string of the molecule is COc1cc2c(cc1CCCCN)CCC2. The molecule has 2 N–H and O–H groups in total. The van der Waals surface area contributed by atoms with Gasteiger partial charge in [0.05, 0.1) is 7.11 Å². The van der Waals surface area contributed by atoms with Gasteiger partial charge in [-0.3, -0.25) is 0 Å². The number of hydrogen-bond acceptors (Lipinski definition) is 2. The minimum atomic E-state index is 0.785. The van der Waals surface area contributed by atoms with Crippen molar-refractivity contribution in [2.24, 2.45) is 5.73 Å². The van der Waals surface area contributed by atoms with E-state index in [4.69, 9.17) is 10.5 Å². The van der Waals surface area contributed by atoms with E-state index in [1.807, 2.05) is 0 Å². The predicted octanol–water partition coefficient (Wildman–Crippen LogP) is 2.47. The molecular weight excluding hydrogens is 198 g/mol. The molecule has 2 nitrogen and oxygen atoms in total. The van der Waals surface area contributed by atoms with Gasteiger partial charge in [-0.15, -0.1) is 0 Å². The first-order valence-electron chi connectivity index (χ1n) is 6.24. The molecule has 16 heavy (non-hydrogen) atoms. The molecule has 1 aliphatic carbocycles. The number of unbranched alkanes of at least 4 members (excludes halogenated alkanes) is 1. The summed E-state index contributed by atoms with van der Waals surface area (Å²) in [4.78, 5) is 0. The molecular formula is C14H21NO. The van der Waals surface area contributed by atoms with E-state index in [9.17, 15) is 0 Å². The van der Waals surface area contributed by atoms with Crippen LogP contribution in [-0.4, -0.2) is 13.7 Å². The lowest BCUT2D eigenvalue weighted by Crippen LogP contribution is -2.00. The molecule has 2 heteroatoms. The fourth-order valence-electron chi connectivity index (χ4n) is 2.50. The summed E-state index contributed by atoms with van der Waals surface area (Å²) in [5.74, 6) is 1.07. The van der Waals surface area contributed by atoms with Crippen molar-refractivity contribution in [2.75, 3.05) is 13.7 Å². The molecule has 2 rings (SSSR count). The maximum atomic E-state index is 5.52. The van der Waals surface area contributed by atoms with Crippen molar-refractivity contribution < 1.29 is 4.74 Å². The van der Waals surface area contributed by atoms with Crippen LogP contribution in [0.2, 0.25) is 0 Å². The monoisotopic (exact) mass is 219 g/mol. The molecule has 0 amide bonds. The van der Waals surface area contributed by atoms with Crippen molar-refractivity contribution in [1.29, 1.82) is 0 Å². The first-order chi connectivity index (χ1) is 7.85. The summed E-state index contributed by atoms with van der Waals surface area (Å²) in [5.41, 5.74) is 9.90. The average molecular weight is 219 g/mol. The minimum Gasteiger partial charge on any atom is -0.496 e. The second-order valence-corrected chi connectivity index (χ2v) is 4.53. The minimum absolute atomic E-state index is 0.785. The smallest absolute Gasteiger partial charge is 0.122 e. The van der Waals surface area contributed by atoms with Gasteiger partial charge in [0, 0.05) is 0 Å². The molecule has 0 radical (unpaired) electrons. The number of methoxy groups -OCH3 is 1. The van der Waals surface area contributed by atoms with Crippen LogP contribution in [0.1, 0.15) is 36.0 Å². The first-order valence-corrected chi connectivity index (χ1v) is 6.24. The van der Waals surface area contributed by atoms with Crippen LogP contribution in [0, 0.1) is 0 Å². The standard InChI is InChI=1S/C14H21NO/c1-16-14-10-12-7-4-6-11(12)9-13(14)5-2-3-8-15/h9-10H,2-8,15H2,1H3.